The number of hydrogen-bond donors (Lipinski definition) is 2. The number of carboxylic acids is 1. The Hall–Kier alpha value is -1.91. The molecule has 0 bridgehead atoms. The van der Waals surface area contributed by atoms with Gasteiger partial charge in [0.1, 0.15) is 0 Å². The molecule has 3 fully saturated rings. The van der Waals surface area contributed by atoms with Gasteiger partial charge in [0.2, 0.25) is 5.78 Å². The van der Waals surface area contributed by atoms with Crippen LogP contribution < -0.4 is 0 Å². The first-order valence-corrected chi connectivity index (χ1v) is 13.4. The van der Waals surface area contributed by atoms with Crippen LogP contribution in [0, 0.1) is 50.2 Å². The fraction of sp³-hybridized carbons (Fsp3) is 0.767. The number of aliphatic carboxylic acids is 1. The number of rotatable bonds is 1. The van der Waals surface area contributed by atoms with Crippen LogP contribution in [0.4, 0.5) is 0 Å². The minimum absolute atomic E-state index is 0.0159. The number of aliphatic hydroxyl groups is 1. The monoisotopic (exact) mass is 482 g/mol. The van der Waals surface area contributed by atoms with E-state index in [0.717, 1.165) is 32.1 Å². The summed E-state index contributed by atoms with van der Waals surface area (Å²) in [5, 5.41) is 20.7. The lowest BCUT2D eigenvalue weighted by molar-refractivity contribution is -0.173. The van der Waals surface area contributed by atoms with Gasteiger partial charge in [0.05, 0.1) is 5.41 Å². The number of carbonyl (C=O) groups is 3. The van der Waals surface area contributed by atoms with Crippen LogP contribution in [0.1, 0.15) is 93.4 Å². The molecule has 0 aromatic carbocycles. The number of allylic oxidation sites excluding steroid dienone is 4. The number of aliphatic hydroxyl groups excluding tert-OH is 1. The van der Waals surface area contributed by atoms with Gasteiger partial charge in [-0.05, 0) is 92.1 Å². The van der Waals surface area contributed by atoms with Gasteiger partial charge in [-0.3, -0.25) is 14.4 Å². The Morgan fingerprint density at radius 1 is 0.943 bits per heavy atom. The Labute approximate surface area is 209 Å². The van der Waals surface area contributed by atoms with Gasteiger partial charge >= 0.3 is 5.97 Å². The van der Waals surface area contributed by atoms with Gasteiger partial charge in [-0.15, -0.1) is 0 Å². The van der Waals surface area contributed by atoms with Crippen LogP contribution in [0.2, 0.25) is 0 Å². The maximum atomic E-state index is 14.2. The lowest BCUT2D eigenvalue weighted by Crippen LogP contribution is -2.65. The number of ketones is 2. The van der Waals surface area contributed by atoms with Crippen LogP contribution in [-0.2, 0) is 14.4 Å². The Balaban J connectivity index is 1.67. The molecule has 192 valence electrons. The summed E-state index contributed by atoms with van der Waals surface area (Å²) in [6, 6.07) is 0. The molecule has 5 nitrogen and oxygen atoms in total. The summed E-state index contributed by atoms with van der Waals surface area (Å²) in [5.41, 5.74) is -1.47. The normalized spacial score (nSPS) is 50.7. The molecule has 0 radical (unpaired) electrons. The summed E-state index contributed by atoms with van der Waals surface area (Å²) in [5.74, 6) is -1.33. The molecule has 5 aliphatic rings. The number of carbonyl (C=O) groups excluding carboxylic acids is 2. The maximum absolute atomic E-state index is 14.2. The summed E-state index contributed by atoms with van der Waals surface area (Å²) in [7, 11) is 0. The molecule has 8 atom stereocenters. The molecule has 35 heavy (non-hydrogen) atoms. The maximum Gasteiger partial charge on any atom is 0.309 e. The van der Waals surface area contributed by atoms with Crippen molar-refractivity contribution in [1.29, 1.82) is 0 Å². The SMILES string of the molecule is CC1(C(=O)O)CC[C@]2(C)CC[C@]3(C)C(=CC(=O)C4[C@@]5(C)C=C(O)C(=O)C(C)(C)C5CC[C@]43C)C2C1. The van der Waals surface area contributed by atoms with Gasteiger partial charge in [0.25, 0.3) is 0 Å². The molecule has 0 aromatic heterocycles. The first-order valence-electron chi connectivity index (χ1n) is 13.4. The molecule has 0 spiro atoms. The Kier molecular flexibility index (Phi) is 4.88. The zero-order valence-corrected chi connectivity index (χ0v) is 22.5. The van der Waals surface area contributed by atoms with Crippen LogP contribution in [0.5, 0.6) is 0 Å². The van der Waals surface area contributed by atoms with Gasteiger partial charge in [0.15, 0.2) is 11.5 Å². The molecule has 3 saturated carbocycles. The third-order valence-electron chi connectivity index (χ3n) is 12.4. The van der Waals surface area contributed by atoms with Crippen molar-refractivity contribution in [2.45, 2.75) is 93.4 Å². The van der Waals surface area contributed by atoms with E-state index in [1.807, 2.05) is 26.8 Å². The van der Waals surface area contributed by atoms with E-state index in [4.69, 9.17) is 0 Å². The molecule has 5 heteroatoms. The number of carboxylic acid groups (broad SMARTS) is 1. The first-order chi connectivity index (χ1) is 16.0. The van der Waals surface area contributed by atoms with E-state index >= 15 is 0 Å². The van der Waals surface area contributed by atoms with Crippen molar-refractivity contribution in [3.8, 4) is 0 Å². The van der Waals surface area contributed by atoms with Gasteiger partial charge in [-0.2, -0.15) is 0 Å². The Morgan fingerprint density at radius 2 is 1.57 bits per heavy atom. The Morgan fingerprint density at radius 3 is 2.20 bits per heavy atom. The van der Waals surface area contributed by atoms with E-state index in [9.17, 15) is 24.6 Å². The zero-order valence-electron chi connectivity index (χ0n) is 22.5. The smallest absolute Gasteiger partial charge is 0.309 e. The van der Waals surface area contributed by atoms with Crippen LogP contribution in [-0.4, -0.2) is 27.7 Å². The fourth-order valence-electron chi connectivity index (χ4n) is 9.86. The molecule has 0 aliphatic heterocycles. The van der Waals surface area contributed by atoms with Crippen molar-refractivity contribution in [3.63, 3.8) is 0 Å². The van der Waals surface area contributed by atoms with E-state index in [-0.39, 0.29) is 51.3 Å². The van der Waals surface area contributed by atoms with Crippen LogP contribution in [0.25, 0.3) is 0 Å². The second-order valence-corrected chi connectivity index (χ2v) is 14.5. The number of fused-ring (bicyclic) bond motifs is 7. The van der Waals surface area contributed by atoms with Gasteiger partial charge in [-0.25, -0.2) is 0 Å². The van der Waals surface area contributed by atoms with Gasteiger partial charge in [0, 0.05) is 16.7 Å². The largest absolute Gasteiger partial charge is 0.505 e. The molecular weight excluding hydrogens is 440 g/mol. The molecule has 4 unspecified atom stereocenters. The quantitative estimate of drug-likeness (QED) is 0.459. The zero-order chi connectivity index (χ0) is 26.0. The highest BCUT2D eigenvalue weighted by atomic mass is 16.4. The number of hydrogen-bond acceptors (Lipinski definition) is 4. The second-order valence-electron chi connectivity index (χ2n) is 14.5. The highest BCUT2D eigenvalue weighted by Crippen LogP contribution is 2.74. The van der Waals surface area contributed by atoms with E-state index in [1.54, 1.807) is 6.08 Å². The van der Waals surface area contributed by atoms with Crippen LogP contribution in [0.3, 0.4) is 0 Å². The summed E-state index contributed by atoms with van der Waals surface area (Å²) in [4.78, 5) is 39.3. The van der Waals surface area contributed by atoms with E-state index in [2.05, 4.69) is 27.7 Å². The van der Waals surface area contributed by atoms with Crippen LogP contribution >= 0.6 is 0 Å². The van der Waals surface area contributed by atoms with Gasteiger partial charge in [-0.1, -0.05) is 47.1 Å². The fourth-order valence-corrected chi connectivity index (χ4v) is 9.86. The molecular formula is C30H42O5. The van der Waals surface area contributed by atoms with Crippen molar-refractivity contribution >= 4 is 17.5 Å². The van der Waals surface area contributed by atoms with Crippen molar-refractivity contribution in [2.75, 3.05) is 0 Å². The highest BCUT2D eigenvalue weighted by molar-refractivity contribution is 6.00. The summed E-state index contributed by atoms with van der Waals surface area (Å²) in [6.07, 6.45) is 9.43. The lowest BCUT2D eigenvalue weighted by Gasteiger charge is -2.69. The van der Waals surface area contributed by atoms with Crippen LogP contribution in [0.15, 0.2) is 23.5 Å². The van der Waals surface area contributed by atoms with Crippen molar-refractivity contribution in [1.82, 2.24) is 0 Å². The average molecular weight is 483 g/mol. The molecule has 2 N–H and O–H groups in total. The second kappa shape index (κ2) is 6.89. The third-order valence-corrected chi connectivity index (χ3v) is 12.4. The molecule has 5 aliphatic carbocycles. The summed E-state index contributed by atoms with van der Waals surface area (Å²) >= 11 is 0. The predicted molar refractivity (Wildman–Crippen MR) is 134 cm³/mol. The first kappa shape index (κ1) is 24.8. The predicted octanol–water partition coefficient (Wildman–Crippen LogP) is 6.28. The average Bonchev–Trinajstić information content (AvgIpc) is 2.74. The van der Waals surface area contributed by atoms with Gasteiger partial charge < -0.3 is 10.2 Å². The van der Waals surface area contributed by atoms with E-state index in [1.165, 1.54) is 5.57 Å². The lowest BCUT2D eigenvalue weighted by atomic mass is 9.34. The highest BCUT2D eigenvalue weighted by Gasteiger charge is 2.70. The third kappa shape index (κ3) is 2.84. The molecule has 5 rings (SSSR count). The summed E-state index contributed by atoms with van der Waals surface area (Å²) in [6.45, 7) is 14.7. The minimum atomic E-state index is -0.768. The molecule has 0 amide bonds. The summed E-state index contributed by atoms with van der Waals surface area (Å²) < 4.78 is 0. The molecule has 0 saturated heterocycles. The molecule has 0 aromatic rings. The van der Waals surface area contributed by atoms with Crippen molar-refractivity contribution < 1.29 is 24.6 Å². The minimum Gasteiger partial charge on any atom is -0.505 e. The van der Waals surface area contributed by atoms with Crippen molar-refractivity contribution in [2.24, 2.45) is 50.2 Å². The topological polar surface area (TPSA) is 91.7 Å². The standard InChI is InChI=1S/C30H42O5/c1-25(2)21-8-9-30(7)22(28(21,5)16-20(32)23(25)33)19(31)14-17-18-15-27(4,24(34)35)11-10-26(18,3)12-13-29(17,30)6/h14,16,18,21-22,32H,8-13,15H2,1-7H3,(H,34,35)/t18?,21?,22?,26-,27?,28+,29-,30-/m1/s1. The molecule has 0 heterocycles. The van der Waals surface area contributed by atoms with E-state index < -0.39 is 22.2 Å². The number of Topliss-reactive ketones (excluding diaryl/α,β-unsaturated/α-hetero) is 1. The van der Waals surface area contributed by atoms with E-state index in [0.29, 0.717) is 12.8 Å². The Bertz CT molecular complexity index is 1100. The van der Waals surface area contributed by atoms with Crippen molar-refractivity contribution in [3.05, 3.63) is 23.5 Å².